The first-order valence-electron chi connectivity index (χ1n) is 6.39. The molecule has 98 valence electrons. The second-order valence-corrected chi connectivity index (χ2v) is 4.79. The lowest BCUT2D eigenvalue weighted by atomic mass is 10.1. The zero-order valence-corrected chi connectivity index (χ0v) is 11.4. The summed E-state index contributed by atoms with van der Waals surface area (Å²) in [7, 11) is 1.72. The standard InChI is InChI=1S/C13H25N3O/c1-5-10(2)16-7-6-13(15-16)9-12(14)8-11(3)17-4/h6-7,10-12H,5,8-9,14H2,1-4H3. The minimum atomic E-state index is 0.116. The summed E-state index contributed by atoms with van der Waals surface area (Å²) >= 11 is 0. The average Bonchev–Trinajstić information content (AvgIpc) is 2.76. The molecule has 0 spiro atoms. The zero-order chi connectivity index (χ0) is 12.8. The van der Waals surface area contributed by atoms with Crippen LogP contribution in [0.1, 0.15) is 45.3 Å². The summed E-state index contributed by atoms with van der Waals surface area (Å²) in [6.45, 7) is 6.37. The third kappa shape index (κ3) is 4.48. The van der Waals surface area contributed by atoms with Crippen molar-refractivity contribution >= 4 is 0 Å². The summed E-state index contributed by atoms with van der Waals surface area (Å²) in [6, 6.07) is 2.63. The van der Waals surface area contributed by atoms with Crippen molar-refractivity contribution in [2.45, 2.75) is 58.2 Å². The van der Waals surface area contributed by atoms with E-state index in [9.17, 15) is 0 Å². The Bertz CT molecular complexity index is 324. The highest BCUT2D eigenvalue weighted by molar-refractivity contribution is 5.02. The topological polar surface area (TPSA) is 53.1 Å². The van der Waals surface area contributed by atoms with Crippen LogP contribution in [0, 0.1) is 0 Å². The summed E-state index contributed by atoms with van der Waals surface area (Å²) in [5.74, 6) is 0. The van der Waals surface area contributed by atoms with E-state index < -0.39 is 0 Å². The Hall–Kier alpha value is -0.870. The van der Waals surface area contributed by atoms with Crippen molar-refractivity contribution in [1.29, 1.82) is 0 Å². The third-order valence-electron chi connectivity index (χ3n) is 3.21. The Kier molecular flexibility index (Phi) is 5.65. The smallest absolute Gasteiger partial charge is 0.0640 e. The molecule has 4 heteroatoms. The molecule has 0 amide bonds. The van der Waals surface area contributed by atoms with Crippen LogP contribution in [0.5, 0.6) is 0 Å². The van der Waals surface area contributed by atoms with Crippen molar-refractivity contribution in [3.05, 3.63) is 18.0 Å². The predicted octanol–water partition coefficient (Wildman–Crippen LogP) is 2.15. The maximum atomic E-state index is 6.07. The van der Waals surface area contributed by atoms with Crippen molar-refractivity contribution < 1.29 is 4.74 Å². The molecule has 0 aliphatic heterocycles. The average molecular weight is 239 g/mol. The molecule has 1 rings (SSSR count). The number of nitrogens with zero attached hydrogens (tertiary/aromatic N) is 2. The first-order chi connectivity index (χ1) is 8.06. The second kappa shape index (κ2) is 6.77. The summed E-state index contributed by atoms with van der Waals surface area (Å²) < 4.78 is 7.23. The molecule has 1 aromatic rings. The van der Waals surface area contributed by atoms with Gasteiger partial charge in [0, 0.05) is 31.8 Å². The van der Waals surface area contributed by atoms with Gasteiger partial charge in [0.25, 0.3) is 0 Å². The first kappa shape index (κ1) is 14.2. The van der Waals surface area contributed by atoms with E-state index in [-0.39, 0.29) is 12.1 Å². The van der Waals surface area contributed by atoms with E-state index in [2.05, 4.69) is 25.0 Å². The molecule has 17 heavy (non-hydrogen) atoms. The summed E-state index contributed by atoms with van der Waals surface area (Å²) in [5, 5.41) is 4.55. The van der Waals surface area contributed by atoms with E-state index >= 15 is 0 Å². The summed E-state index contributed by atoms with van der Waals surface area (Å²) in [4.78, 5) is 0. The molecule has 0 radical (unpaired) electrons. The molecule has 3 unspecified atom stereocenters. The van der Waals surface area contributed by atoms with Gasteiger partial charge < -0.3 is 10.5 Å². The van der Waals surface area contributed by atoms with Gasteiger partial charge >= 0.3 is 0 Å². The lowest BCUT2D eigenvalue weighted by Gasteiger charge is -2.15. The van der Waals surface area contributed by atoms with Crippen LogP contribution in [0.25, 0.3) is 0 Å². The van der Waals surface area contributed by atoms with Gasteiger partial charge in [-0.05, 0) is 32.8 Å². The fourth-order valence-electron chi connectivity index (χ4n) is 1.79. The number of hydrogen-bond donors (Lipinski definition) is 1. The fraction of sp³-hybridized carbons (Fsp3) is 0.769. The van der Waals surface area contributed by atoms with Gasteiger partial charge in [-0.3, -0.25) is 4.68 Å². The quantitative estimate of drug-likeness (QED) is 0.793. The maximum absolute atomic E-state index is 6.07. The Morgan fingerprint density at radius 3 is 2.76 bits per heavy atom. The predicted molar refractivity (Wildman–Crippen MR) is 70.0 cm³/mol. The molecule has 0 aromatic carbocycles. The van der Waals surface area contributed by atoms with Crippen molar-refractivity contribution in [1.82, 2.24) is 9.78 Å². The number of rotatable bonds is 7. The molecule has 1 heterocycles. The molecule has 2 N–H and O–H groups in total. The van der Waals surface area contributed by atoms with Gasteiger partial charge in [-0.25, -0.2) is 0 Å². The van der Waals surface area contributed by atoms with Crippen molar-refractivity contribution in [2.24, 2.45) is 5.73 Å². The highest BCUT2D eigenvalue weighted by Gasteiger charge is 2.11. The number of methoxy groups -OCH3 is 1. The Morgan fingerprint density at radius 1 is 1.47 bits per heavy atom. The minimum Gasteiger partial charge on any atom is -0.382 e. The van der Waals surface area contributed by atoms with E-state index in [1.807, 2.05) is 17.8 Å². The van der Waals surface area contributed by atoms with E-state index in [4.69, 9.17) is 10.5 Å². The van der Waals surface area contributed by atoms with Crippen molar-refractivity contribution in [3.63, 3.8) is 0 Å². The van der Waals surface area contributed by atoms with Gasteiger partial charge in [0.2, 0.25) is 0 Å². The molecule has 0 bridgehead atoms. The highest BCUT2D eigenvalue weighted by atomic mass is 16.5. The third-order valence-corrected chi connectivity index (χ3v) is 3.21. The van der Waals surface area contributed by atoms with Crippen molar-refractivity contribution in [2.75, 3.05) is 7.11 Å². The molecular weight excluding hydrogens is 214 g/mol. The maximum Gasteiger partial charge on any atom is 0.0640 e. The van der Waals surface area contributed by atoms with Crippen LogP contribution >= 0.6 is 0 Å². The molecule has 0 saturated heterocycles. The normalized spacial score (nSPS) is 16.8. The van der Waals surface area contributed by atoms with Crippen LogP contribution in [0.3, 0.4) is 0 Å². The van der Waals surface area contributed by atoms with Crippen LogP contribution in [0.2, 0.25) is 0 Å². The largest absolute Gasteiger partial charge is 0.382 e. The number of hydrogen-bond acceptors (Lipinski definition) is 3. The number of aromatic nitrogens is 2. The van der Waals surface area contributed by atoms with E-state index in [1.54, 1.807) is 7.11 Å². The number of ether oxygens (including phenoxy) is 1. The summed E-state index contributed by atoms with van der Waals surface area (Å²) in [6.07, 6.45) is 5.02. The van der Waals surface area contributed by atoms with E-state index in [0.29, 0.717) is 6.04 Å². The van der Waals surface area contributed by atoms with Crippen LogP contribution in [0.4, 0.5) is 0 Å². The van der Waals surface area contributed by atoms with Crippen LogP contribution < -0.4 is 5.73 Å². The van der Waals surface area contributed by atoms with Gasteiger partial charge in [-0.1, -0.05) is 6.92 Å². The van der Waals surface area contributed by atoms with Crippen LogP contribution in [-0.4, -0.2) is 29.0 Å². The lowest BCUT2D eigenvalue weighted by Crippen LogP contribution is -2.28. The Labute approximate surface area is 104 Å². The highest BCUT2D eigenvalue weighted by Crippen LogP contribution is 2.11. The second-order valence-electron chi connectivity index (χ2n) is 4.79. The van der Waals surface area contributed by atoms with Crippen LogP contribution in [0.15, 0.2) is 12.3 Å². The minimum absolute atomic E-state index is 0.116. The van der Waals surface area contributed by atoms with Gasteiger partial charge in [0.05, 0.1) is 11.8 Å². The zero-order valence-electron chi connectivity index (χ0n) is 11.4. The molecular formula is C13H25N3O. The molecule has 0 saturated carbocycles. The van der Waals surface area contributed by atoms with Gasteiger partial charge in [-0.2, -0.15) is 5.10 Å². The Balaban J connectivity index is 2.48. The van der Waals surface area contributed by atoms with Crippen LogP contribution in [-0.2, 0) is 11.2 Å². The molecule has 0 aliphatic carbocycles. The van der Waals surface area contributed by atoms with Crippen molar-refractivity contribution in [3.8, 4) is 0 Å². The summed E-state index contributed by atoms with van der Waals surface area (Å²) in [5.41, 5.74) is 7.14. The SMILES string of the molecule is CCC(C)n1ccc(CC(N)CC(C)OC)n1. The van der Waals surface area contributed by atoms with Gasteiger partial charge in [0.1, 0.15) is 0 Å². The van der Waals surface area contributed by atoms with Gasteiger partial charge in [0.15, 0.2) is 0 Å². The number of nitrogens with two attached hydrogens (primary N) is 1. The molecule has 0 fully saturated rings. The lowest BCUT2D eigenvalue weighted by molar-refractivity contribution is 0.104. The molecule has 1 aromatic heterocycles. The molecule has 4 nitrogen and oxygen atoms in total. The fourth-order valence-corrected chi connectivity index (χ4v) is 1.79. The van der Waals surface area contributed by atoms with E-state index in [0.717, 1.165) is 25.0 Å². The monoisotopic (exact) mass is 239 g/mol. The van der Waals surface area contributed by atoms with E-state index in [1.165, 1.54) is 0 Å². The molecule has 3 atom stereocenters. The first-order valence-corrected chi connectivity index (χ1v) is 6.39. The Morgan fingerprint density at radius 2 is 2.18 bits per heavy atom. The van der Waals surface area contributed by atoms with Gasteiger partial charge in [-0.15, -0.1) is 0 Å². The molecule has 0 aliphatic rings.